The molecule has 0 fully saturated rings. The van der Waals surface area contributed by atoms with Crippen LogP contribution in [0.5, 0.6) is 0 Å². The first-order chi connectivity index (χ1) is 10.0. The first kappa shape index (κ1) is 17.4. The molecule has 1 rings (SSSR count). The third-order valence-corrected chi connectivity index (χ3v) is 3.98. The minimum absolute atomic E-state index is 0.107. The molecular formula is C16H22N2O2S. The summed E-state index contributed by atoms with van der Waals surface area (Å²) in [6.07, 6.45) is 4.35. The fraction of sp³-hybridized carbons (Fsp3) is 0.438. The molecule has 114 valence electrons. The largest absolute Gasteiger partial charge is 0.303 e. The minimum Gasteiger partial charge on any atom is -0.303 e. The first-order valence-electron chi connectivity index (χ1n) is 6.87. The first-order valence-corrected chi connectivity index (χ1v) is 8.09. The molecule has 0 aromatic heterocycles. The topological polar surface area (TPSA) is 49.7 Å². The van der Waals surface area contributed by atoms with E-state index in [2.05, 4.69) is 5.10 Å². The van der Waals surface area contributed by atoms with Gasteiger partial charge in [0.15, 0.2) is 0 Å². The summed E-state index contributed by atoms with van der Waals surface area (Å²) in [5.74, 6) is -0.107. The van der Waals surface area contributed by atoms with Crippen LogP contribution in [0.4, 0.5) is 0 Å². The molecule has 4 nitrogen and oxygen atoms in total. The second-order valence-corrected chi connectivity index (χ2v) is 5.92. The van der Waals surface area contributed by atoms with E-state index in [1.54, 1.807) is 30.7 Å². The van der Waals surface area contributed by atoms with Crippen LogP contribution in [0.25, 0.3) is 0 Å². The van der Waals surface area contributed by atoms with E-state index in [9.17, 15) is 9.59 Å². The Morgan fingerprint density at radius 3 is 2.33 bits per heavy atom. The van der Waals surface area contributed by atoms with Crippen LogP contribution in [0, 0.1) is 5.92 Å². The summed E-state index contributed by atoms with van der Waals surface area (Å²) < 4.78 is 0. The Bertz CT molecular complexity index is 500. The Morgan fingerprint density at radius 1 is 1.24 bits per heavy atom. The third-order valence-electron chi connectivity index (χ3n) is 3.24. The summed E-state index contributed by atoms with van der Waals surface area (Å²) in [5.41, 5.74) is 1.80. The van der Waals surface area contributed by atoms with Gasteiger partial charge in [-0.3, -0.25) is 5.01 Å². The van der Waals surface area contributed by atoms with E-state index in [0.29, 0.717) is 6.42 Å². The molecule has 0 spiro atoms. The number of aldehydes is 2. The molecule has 0 aliphatic heterocycles. The van der Waals surface area contributed by atoms with Crippen LogP contribution in [0.1, 0.15) is 25.8 Å². The zero-order valence-electron chi connectivity index (χ0n) is 12.9. The van der Waals surface area contributed by atoms with E-state index >= 15 is 0 Å². The van der Waals surface area contributed by atoms with Gasteiger partial charge in [0, 0.05) is 24.3 Å². The molecule has 21 heavy (non-hydrogen) atoms. The highest BCUT2D eigenvalue weighted by molar-refractivity contribution is 7.98. The van der Waals surface area contributed by atoms with Gasteiger partial charge in [-0.15, -0.1) is 11.8 Å². The fourth-order valence-electron chi connectivity index (χ4n) is 1.72. The Kier molecular flexibility index (Phi) is 7.15. The number of benzene rings is 1. The molecule has 0 saturated heterocycles. The second kappa shape index (κ2) is 8.62. The molecule has 0 amide bonds. The lowest BCUT2D eigenvalue weighted by molar-refractivity contribution is -0.112. The van der Waals surface area contributed by atoms with Gasteiger partial charge in [-0.1, -0.05) is 19.1 Å². The van der Waals surface area contributed by atoms with Crippen LogP contribution >= 0.6 is 11.8 Å². The summed E-state index contributed by atoms with van der Waals surface area (Å²) in [6, 6.07) is 7.77. The molecule has 0 radical (unpaired) electrons. The van der Waals surface area contributed by atoms with Gasteiger partial charge in [-0.05, 0) is 30.9 Å². The lowest BCUT2D eigenvalue weighted by Crippen LogP contribution is -2.27. The van der Waals surface area contributed by atoms with Gasteiger partial charge < -0.3 is 9.59 Å². The average molecular weight is 306 g/mol. The van der Waals surface area contributed by atoms with Gasteiger partial charge in [0.05, 0.1) is 11.8 Å². The second-order valence-electron chi connectivity index (χ2n) is 5.04. The molecule has 0 aliphatic carbocycles. The molecule has 1 aromatic carbocycles. The highest BCUT2D eigenvalue weighted by Gasteiger charge is 2.12. The lowest BCUT2D eigenvalue weighted by atomic mass is 10.00. The van der Waals surface area contributed by atoms with Crippen LogP contribution in [0.2, 0.25) is 0 Å². The van der Waals surface area contributed by atoms with E-state index in [0.717, 1.165) is 23.8 Å². The SMILES string of the molecule is CSc1ccc(/C(CC(C)C=O)=N/N(C)C(C)C=O)cc1. The highest BCUT2D eigenvalue weighted by Crippen LogP contribution is 2.18. The van der Waals surface area contributed by atoms with Crippen LogP contribution < -0.4 is 0 Å². The summed E-state index contributed by atoms with van der Waals surface area (Å²) in [5, 5.41) is 6.14. The third kappa shape index (κ3) is 5.34. The molecule has 2 unspecified atom stereocenters. The maximum atomic E-state index is 10.9. The molecule has 0 bridgehead atoms. The average Bonchev–Trinajstić information content (AvgIpc) is 2.53. The maximum absolute atomic E-state index is 10.9. The van der Waals surface area contributed by atoms with Crippen molar-refractivity contribution in [1.82, 2.24) is 5.01 Å². The lowest BCUT2D eigenvalue weighted by Gasteiger charge is -2.19. The van der Waals surface area contributed by atoms with Gasteiger partial charge in [-0.25, -0.2) is 0 Å². The summed E-state index contributed by atoms with van der Waals surface area (Å²) in [4.78, 5) is 23.0. The maximum Gasteiger partial charge on any atom is 0.143 e. The van der Waals surface area contributed by atoms with Crippen molar-refractivity contribution in [2.75, 3.05) is 13.3 Å². The van der Waals surface area contributed by atoms with Gasteiger partial charge in [-0.2, -0.15) is 5.10 Å². The molecule has 0 N–H and O–H groups in total. The van der Waals surface area contributed by atoms with Crippen molar-refractivity contribution in [2.45, 2.75) is 31.2 Å². The van der Waals surface area contributed by atoms with Crippen molar-refractivity contribution in [3.8, 4) is 0 Å². The quantitative estimate of drug-likeness (QED) is 0.321. The van der Waals surface area contributed by atoms with Gasteiger partial charge in [0.25, 0.3) is 0 Å². The Balaban J connectivity index is 3.07. The summed E-state index contributed by atoms with van der Waals surface area (Å²) in [6.45, 7) is 3.65. The van der Waals surface area contributed by atoms with Crippen LogP contribution in [0.15, 0.2) is 34.3 Å². The van der Waals surface area contributed by atoms with E-state index in [1.807, 2.05) is 37.4 Å². The number of carbonyl (C=O) groups is 2. The molecule has 1 aromatic rings. The number of hydrogen-bond donors (Lipinski definition) is 0. The predicted octanol–water partition coefficient (Wildman–Crippen LogP) is 2.86. The normalized spacial score (nSPS) is 14.4. The van der Waals surface area contributed by atoms with Crippen molar-refractivity contribution >= 4 is 30.0 Å². The monoisotopic (exact) mass is 306 g/mol. The van der Waals surface area contributed by atoms with Crippen molar-refractivity contribution in [3.63, 3.8) is 0 Å². The predicted molar refractivity (Wildman–Crippen MR) is 87.9 cm³/mol. The van der Waals surface area contributed by atoms with Crippen LogP contribution in [0.3, 0.4) is 0 Å². The van der Waals surface area contributed by atoms with Gasteiger partial charge in [0.1, 0.15) is 12.6 Å². The van der Waals surface area contributed by atoms with E-state index in [-0.39, 0.29) is 12.0 Å². The Labute approximate surface area is 130 Å². The summed E-state index contributed by atoms with van der Waals surface area (Å²) >= 11 is 1.68. The molecule has 0 aliphatic rings. The smallest absolute Gasteiger partial charge is 0.143 e. The number of thioether (sulfide) groups is 1. The Morgan fingerprint density at radius 2 is 1.86 bits per heavy atom. The van der Waals surface area contributed by atoms with Gasteiger partial charge >= 0.3 is 0 Å². The van der Waals surface area contributed by atoms with Crippen molar-refractivity contribution in [3.05, 3.63) is 29.8 Å². The molecule has 0 heterocycles. The molecular weight excluding hydrogens is 284 g/mol. The zero-order chi connectivity index (χ0) is 15.8. The number of rotatable bonds is 8. The standard InChI is InChI=1S/C16H22N2O2S/c1-12(10-19)9-16(17-18(3)13(2)11-20)14-5-7-15(21-4)8-6-14/h5-8,10-13H,9H2,1-4H3/b17-16+. The Hall–Kier alpha value is -1.62. The number of carbonyl (C=O) groups excluding carboxylic acids is 2. The van der Waals surface area contributed by atoms with Crippen molar-refractivity contribution < 1.29 is 9.59 Å². The van der Waals surface area contributed by atoms with Crippen LogP contribution in [-0.2, 0) is 9.59 Å². The van der Waals surface area contributed by atoms with Crippen molar-refractivity contribution in [2.24, 2.45) is 11.0 Å². The molecule has 0 saturated carbocycles. The van der Waals surface area contributed by atoms with E-state index < -0.39 is 0 Å². The van der Waals surface area contributed by atoms with E-state index in [1.165, 1.54) is 4.90 Å². The number of hydrogen-bond acceptors (Lipinski definition) is 5. The number of likely N-dealkylation sites (N-methyl/N-ethyl adjacent to an activating group) is 1. The zero-order valence-corrected chi connectivity index (χ0v) is 13.8. The van der Waals surface area contributed by atoms with Crippen LogP contribution in [-0.4, -0.2) is 42.6 Å². The number of nitrogens with zero attached hydrogens (tertiary/aromatic N) is 2. The highest BCUT2D eigenvalue weighted by atomic mass is 32.2. The number of hydrazone groups is 1. The fourth-order valence-corrected chi connectivity index (χ4v) is 2.13. The van der Waals surface area contributed by atoms with Gasteiger partial charge in [0.2, 0.25) is 0 Å². The summed E-state index contributed by atoms with van der Waals surface area (Å²) in [7, 11) is 1.76. The van der Waals surface area contributed by atoms with E-state index in [4.69, 9.17) is 0 Å². The van der Waals surface area contributed by atoms with Crippen molar-refractivity contribution in [1.29, 1.82) is 0 Å². The minimum atomic E-state index is -0.294. The molecule has 5 heteroatoms. The molecule has 2 atom stereocenters.